The molecule has 0 aliphatic carbocycles. The van der Waals surface area contributed by atoms with Crippen LogP contribution in [0.1, 0.15) is 41.5 Å². The van der Waals surface area contributed by atoms with Crippen molar-refractivity contribution in [2.75, 3.05) is 20.2 Å². The van der Waals surface area contributed by atoms with Gasteiger partial charge in [-0.2, -0.15) is 0 Å². The van der Waals surface area contributed by atoms with Gasteiger partial charge >= 0.3 is 6.09 Å². The summed E-state index contributed by atoms with van der Waals surface area (Å²) in [4.78, 5) is 22.6. The van der Waals surface area contributed by atoms with Crippen LogP contribution in [0.3, 0.4) is 0 Å². The van der Waals surface area contributed by atoms with Gasteiger partial charge in [0, 0.05) is 18.7 Å². The quantitative estimate of drug-likeness (QED) is 0.262. The molecule has 2 rings (SSSR count). The molecule has 10 heteroatoms. The van der Waals surface area contributed by atoms with Gasteiger partial charge in [-0.15, -0.1) is 0 Å². The van der Waals surface area contributed by atoms with Crippen LogP contribution in [0.25, 0.3) is 11.4 Å². The van der Waals surface area contributed by atoms with E-state index in [0.717, 1.165) is 5.56 Å². The van der Waals surface area contributed by atoms with Crippen molar-refractivity contribution in [1.29, 1.82) is 0 Å². The number of carbonyl (C=O) groups excluding carboxylic acids is 1. The molecule has 194 valence electrons. The van der Waals surface area contributed by atoms with Gasteiger partial charge in [0.05, 0.1) is 12.6 Å². The Morgan fingerprint density at radius 3 is 2.20 bits per heavy atom. The average molecular weight is 543 g/mol. The zero-order chi connectivity index (χ0) is 26.6. The average Bonchev–Trinajstić information content (AvgIpc) is 2.69. The minimum Gasteiger partial charge on any atom is -0.491 e. The molecule has 1 heterocycles. The van der Waals surface area contributed by atoms with Crippen LogP contribution in [-0.2, 0) is 9.16 Å². The first-order chi connectivity index (χ1) is 16.0. The lowest BCUT2D eigenvalue weighted by Gasteiger charge is -2.40. The van der Waals surface area contributed by atoms with Crippen LogP contribution in [0.15, 0.2) is 30.3 Å². The number of likely N-dealkylation sites (N-methyl/N-ethyl adjacent to an activating group) is 1. The first-order valence-electron chi connectivity index (χ1n) is 11.5. The van der Waals surface area contributed by atoms with E-state index >= 15 is 0 Å². The van der Waals surface area contributed by atoms with Gasteiger partial charge in [-0.1, -0.05) is 56.1 Å². The molecular formula is C25H37Cl2N3O4Si. The molecular weight excluding hydrogens is 505 g/mol. The highest BCUT2D eigenvalue weighted by atomic mass is 35.5. The molecule has 0 bridgehead atoms. The zero-order valence-corrected chi connectivity index (χ0v) is 24.6. The van der Waals surface area contributed by atoms with E-state index in [2.05, 4.69) is 43.8 Å². The van der Waals surface area contributed by atoms with E-state index in [1.807, 2.05) is 45.0 Å². The molecule has 0 radical (unpaired) electrons. The van der Waals surface area contributed by atoms with Crippen LogP contribution < -0.4 is 4.74 Å². The third kappa shape index (κ3) is 9.26. The van der Waals surface area contributed by atoms with Crippen LogP contribution in [0, 0.1) is 0 Å². The highest BCUT2D eigenvalue weighted by molar-refractivity contribution is 6.74. The monoisotopic (exact) mass is 541 g/mol. The maximum absolute atomic E-state index is 12.6. The van der Waals surface area contributed by atoms with E-state index < -0.39 is 20.0 Å². The van der Waals surface area contributed by atoms with Crippen molar-refractivity contribution >= 4 is 37.6 Å². The zero-order valence-electron chi connectivity index (χ0n) is 22.1. The van der Waals surface area contributed by atoms with Crippen LogP contribution in [0.4, 0.5) is 4.79 Å². The second-order valence-corrected chi connectivity index (χ2v) is 16.6. The number of nitrogens with zero attached hydrogens (tertiary/aromatic N) is 3. The summed E-state index contributed by atoms with van der Waals surface area (Å²) >= 11 is 12.1. The highest BCUT2D eigenvalue weighted by Gasteiger charge is 2.40. The second-order valence-electron chi connectivity index (χ2n) is 11.0. The number of amides is 1. The van der Waals surface area contributed by atoms with Crippen molar-refractivity contribution < 1.29 is 18.7 Å². The van der Waals surface area contributed by atoms with E-state index in [9.17, 15) is 4.79 Å². The summed E-state index contributed by atoms with van der Waals surface area (Å²) in [5.74, 6) is 1.03. The maximum Gasteiger partial charge on any atom is 0.410 e. The minimum absolute atomic E-state index is 0.00115. The van der Waals surface area contributed by atoms with Crippen molar-refractivity contribution in [2.45, 2.75) is 71.4 Å². The largest absolute Gasteiger partial charge is 0.491 e. The smallest absolute Gasteiger partial charge is 0.410 e. The van der Waals surface area contributed by atoms with Crippen LogP contribution >= 0.6 is 23.2 Å². The van der Waals surface area contributed by atoms with E-state index in [-0.39, 0.29) is 28.1 Å². The summed E-state index contributed by atoms with van der Waals surface area (Å²) in [6, 6.07) is 8.85. The lowest BCUT2D eigenvalue weighted by molar-refractivity contribution is 0.0172. The summed E-state index contributed by atoms with van der Waals surface area (Å²) in [7, 11) is -0.434. The highest BCUT2D eigenvalue weighted by Crippen LogP contribution is 2.37. The Labute approximate surface area is 220 Å². The number of ether oxygens (including phenoxy) is 2. The molecule has 2 aromatic rings. The fraction of sp³-hybridized carbons (Fsp3) is 0.560. The second kappa shape index (κ2) is 11.5. The van der Waals surface area contributed by atoms with Crippen LogP contribution in [0.2, 0.25) is 28.4 Å². The van der Waals surface area contributed by atoms with E-state index in [1.54, 1.807) is 7.05 Å². The van der Waals surface area contributed by atoms with Gasteiger partial charge in [-0.05, 0) is 51.0 Å². The van der Waals surface area contributed by atoms with E-state index in [0.29, 0.717) is 18.1 Å². The molecule has 1 atom stereocenters. The first-order valence-corrected chi connectivity index (χ1v) is 15.2. The minimum atomic E-state index is -2.14. The fourth-order valence-corrected chi connectivity index (χ4v) is 4.62. The summed E-state index contributed by atoms with van der Waals surface area (Å²) < 4.78 is 18.3. The number of hydrogen-bond acceptors (Lipinski definition) is 6. The predicted octanol–water partition coefficient (Wildman–Crippen LogP) is 7.09. The Morgan fingerprint density at radius 1 is 1.06 bits per heavy atom. The molecule has 1 aromatic heterocycles. The predicted molar refractivity (Wildman–Crippen MR) is 144 cm³/mol. The summed E-state index contributed by atoms with van der Waals surface area (Å²) in [5.41, 5.74) is 0.142. The molecule has 1 amide bonds. The molecule has 0 saturated heterocycles. The van der Waals surface area contributed by atoms with Gasteiger partial charge < -0.3 is 18.8 Å². The molecule has 35 heavy (non-hydrogen) atoms. The SMILES string of the molecule is CN(CC(COc1cccc(-c2nc(Cl)cc(Cl)n2)c1)O[Si](C)(C)C(C)(C)C)C(=O)OC(C)(C)C. The van der Waals surface area contributed by atoms with Gasteiger partial charge in [-0.3, -0.25) is 0 Å². The van der Waals surface area contributed by atoms with E-state index in [1.165, 1.54) is 11.0 Å². The Bertz CT molecular complexity index is 1000. The lowest BCUT2D eigenvalue weighted by atomic mass is 10.2. The van der Waals surface area contributed by atoms with Gasteiger partial charge in [-0.25, -0.2) is 14.8 Å². The van der Waals surface area contributed by atoms with E-state index in [4.69, 9.17) is 37.1 Å². The molecule has 0 aliphatic rings. The Balaban J connectivity index is 2.21. The van der Waals surface area contributed by atoms with Crippen molar-refractivity contribution in [1.82, 2.24) is 14.9 Å². The van der Waals surface area contributed by atoms with Crippen molar-refractivity contribution in [3.05, 3.63) is 40.6 Å². The molecule has 1 aromatic carbocycles. The van der Waals surface area contributed by atoms with Gasteiger partial charge in [0.15, 0.2) is 14.1 Å². The van der Waals surface area contributed by atoms with Crippen molar-refractivity contribution in [3.63, 3.8) is 0 Å². The van der Waals surface area contributed by atoms with Crippen molar-refractivity contribution in [3.8, 4) is 17.1 Å². The number of hydrogen-bond donors (Lipinski definition) is 0. The summed E-state index contributed by atoms with van der Waals surface area (Å²) in [6.45, 7) is 17.0. The Kier molecular flexibility index (Phi) is 9.61. The maximum atomic E-state index is 12.6. The first kappa shape index (κ1) is 29.4. The molecule has 0 saturated carbocycles. The van der Waals surface area contributed by atoms with Gasteiger partial charge in [0.1, 0.15) is 28.3 Å². The molecule has 0 spiro atoms. The third-order valence-electron chi connectivity index (χ3n) is 5.64. The number of benzene rings is 1. The molecule has 7 nitrogen and oxygen atoms in total. The topological polar surface area (TPSA) is 73.8 Å². The van der Waals surface area contributed by atoms with Gasteiger partial charge in [0.25, 0.3) is 0 Å². The number of carbonyl (C=O) groups is 1. The number of aromatic nitrogens is 2. The van der Waals surface area contributed by atoms with Crippen molar-refractivity contribution in [2.24, 2.45) is 0 Å². The third-order valence-corrected chi connectivity index (χ3v) is 10.6. The molecule has 1 unspecified atom stereocenters. The number of halogens is 2. The summed E-state index contributed by atoms with van der Waals surface area (Å²) in [6.07, 6.45) is -0.757. The Morgan fingerprint density at radius 2 is 1.66 bits per heavy atom. The fourth-order valence-electron chi connectivity index (χ4n) is 2.87. The van der Waals surface area contributed by atoms with Crippen LogP contribution in [-0.4, -0.2) is 61.2 Å². The van der Waals surface area contributed by atoms with Gasteiger partial charge in [0.2, 0.25) is 0 Å². The molecule has 0 aliphatic heterocycles. The lowest BCUT2D eigenvalue weighted by Crippen LogP contribution is -2.49. The molecule has 0 N–H and O–H groups in total. The van der Waals surface area contributed by atoms with Crippen LogP contribution in [0.5, 0.6) is 5.75 Å². The normalized spacial score (nSPS) is 13.3. The molecule has 0 fully saturated rings. The number of rotatable bonds is 8. The summed E-state index contributed by atoms with van der Waals surface area (Å²) in [5, 5.41) is 0.525. The standard InChI is InChI=1S/C25H37Cl2N3O4Si/c1-24(2,3)33-23(31)30(7)15-19(34-35(8,9)25(4,5)6)16-32-18-12-10-11-17(13-18)22-28-20(26)14-21(27)29-22/h10-14,19H,15-16H2,1-9H3. The Hall–Kier alpha value is -1.87.